The van der Waals surface area contributed by atoms with E-state index >= 15 is 0 Å². The predicted molar refractivity (Wildman–Crippen MR) is 261 cm³/mol. The van der Waals surface area contributed by atoms with Crippen molar-refractivity contribution < 1.29 is 0 Å². The summed E-state index contributed by atoms with van der Waals surface area (Å²) >= 11 is 0. The first-order valence-corrected chi connectivity index (χ1v) is 21.0. The smallest absolute Gasteiger partial charge is 0.0474 e. The molecule has 0 heterocycles. The monoisotopic (exact) mass is 775 g/mol. The minimum Gasteiger partial charge on any atom is -0.310 e. The van der Waals surface area contributed by atoms with Crippen molar-refractivity contribution >= 4 is 49.4 Å². The minimum absolute atomic E-state index is 1.09. The molecule has 61 heavy (non-hydrogen) atoms. The predicted octanol–water partition coefficient (Wildman–Crippen LogP) is 17.0. The van der Waals surface area contributed by atoms with Crippen molar-refractivity contribution in [2.24, 2.45) is 0 Å². The quantitative estimate of drug-likeness (QED) is 0.149. The summed E-state index contributed by atoms with van der Waals surface area (Å²) in [6.07, 6.45) is 0. The van der Waals surface area contributed by atoms with Gasteiger partial charge in [0.25, 0.3) is 0 Å². The average molecular weight is 776 g/mol. The molecule has 0 radical (unpaired) electrons. The Balaban J connectivity index is 0.998. The van der Waals surface area contributed by atoms with Crippen molar-refractivity contribution in [3.63, 3.8) is 0 Å². The Morgan fingerprint density at radius 3 is 1.20 bits per heavy atom. The van der Waals surface area contributed by atoms with Gasteiger partial charge in [-0.25, -0.2) is 0 Å². The Morgan fingerprint density at radius 2 is 0.607 bits per heavy atom. The Bertz CT molecular complexity index is 3300. The molecule has 0 aliphatic carbocycles. The molecule has 0 N–H and O–H groups in total. The third kappa shape index (κ3) is 6.83. The van der Waals surface area contributed by atoms with E-state index in [1.807, 2.05) is 0 Å². The molecule has 11 aromatic rings. The number of nitrogens with zero attached hydrogens (tertiary/aromatic N) is 1. The molecule has 0 spiro atoms. The highest BCUT2D eigenvalue weighted by Crippen LogP contribution is 2.43. The lowest BCUT2D eigenvalue weighted by atomic mass is 9.91. The van der Waals surface area contributed by atoms with Crippen LogP contribution in [0.15, 0.2) is 249 Å². The van der Waals surface area contributed by atoms with E-state index in [4.69, 9.17) is 0 Å². The molecular formula is C60H41N. The fourth-order valence-electron chi connectivity index (χ4n) is 9.07. The highest BCUT2D eigenvalue weighted by atomic mass is 15.1. The summed E-state index contributed by atoms with van der Waals surface area (Å²) in [7, 11) is 0. The first-order chi connectivity index (χ1) is 30.2. The van der Waals surface area contributed by atoms with Gasteiger partial charge in [-0.15, -0.1) is 0 Å². The van der Waals surface area contributed by atoms with Crippen LogP contribution in [0.5, 0.6) is 0 Å². The first-order valence-electron chi connectivity index (χ1n) is 21.0. The molecule has 0 unspecified atom stereocenters. The molecule has 1 heteroatoms. The molecule has 286 valence electrons. The van der Waals surface area contributed by atoms with Crippen molar-refractivity contribution in [3.8, 4) is 55.6 Å². The summed E-state index contributed by atoms with van der Waals surface area (Å²) in [5, 5.41) is 7.45. The number of fused-ring (bicyclic) bond motifs is 3. The lowest BCUT2D eigenvalue weighted by molar-refractivity contribution is 1.29. The topological polar surface area (TPSA) is 3.24 Å². The molecular weight excluding hydrogens is 735 g/mol. The molecule has 0 atom stereocenters. The van der Waals surface area contributed by atoms with Gasteiger partial charge in [-0.05, 0) is 124 Å². The average Bonchev–Trinajstić information content (AvgIpc) is 3.34. The number of rotatable bonds is 8. The molecule has 0 fully saturated rings. The summed E-state index contributed by atoms with van der Waals surface area (Å²) < 4.78 is 0. The number of hydrogen-bond donors (Lipinski definition) is 0. The van der Waals surface area contributed by atoms with Gasteiger partial charge in [0.1, 0.15) is 0 Å². The Morgan fingerprint density at radius 1 is 0.213 bits per heavy atom. The van der Waals surface area contributed by atoms with Crippen molar-refractivity contribution in [1.82, 2.24) is 0 Å². The molecule has 1 nitrogen and oxygen atoms in total. The van der Waals surface area contributed by atoms with Crippen LogP contribution in [0.25, 0.3) is 88.0 Å². The molecule has 0 aliphatic rings. The largest absolute Gasteiger partial charge is 0.310 e. The van der Waals surface area contributed by atoms with E-state index in [1.54, 1.807) is 0 Å². The van der Waals surface area contributed by atoms with Gasteiger partial charge in [0.2, 0.25) is 0 Å². The second kappa shape index (κ2) is 15.6. The Kier molecular flexibility index (Phi) is 9.26. The summed E-state index contributed by atoms with van der Waals surface area (Å²) in [6.45, 7) is 0. The standard InChI is InChI=1S/C60H41N/c1-3-14-42(15-4-1)44-32-36-51(37-33-44)61(53-40-50-19-8-10-24-55(50)59(41-53)58-27-11-20-46-18-7-9-23-54(46)58)52-38-34-45(35-39-52)43-28-30-48(31-29-43)57-26-13-22-49-21-12-25-56(60(49)57)47-16-5-2-6-17-47/h1-41H. The van der Waals surface area contributed by atoms with Crippen LogP contribution in [-0.4, -0.2) is 0 Å². The highest BCUT2D eigenvalue weighted by molar-refractivity contribution is 6.08. The normalized spacial score (nSPS) is 11.3. The van der Waals surface area contributed by atoms with Crippen LogP contribution >= 0.6 is 0 Å². The molecule has 0 saturated carbocycles. The van der Waals surface area contributed by atoms with Crippen molar-refractivity contribution in [3.05, 3.63) is 249 Å². The first kappa shape index (κ1) is 36.1. The third-order valence-electron chi connectivity index (χ3n) is 12.1. The van der Waals surface area contributed by atoms with E-state index in [9.17, 15) is 0 Å². The van der Waals surface area contributed by atoms with Gasteiger partial charge in [-0.2, -0.15) is 0 Å². The van der Waals surface area contributed by atoms with E-state index in [-0.39, 0.29) is 0 Å². The summed E-state index contributed by atoms with van der Waals surface area (Å²) in [6, 6.07) is 90.4. The fraction of sp³-hybridized carbons (Fsp3) is 0. The number of benzene rings is 11. The van der Waals surface area contributed by atoms with Crippen molar-refractivity contribution in [2.45, 2.75) is 0 Å². The van der Waals surface area contributed by atoms with Crippen molar-refractivity contribution in [1.29, 1.82) is 0 Å². The summed E-state index contributed by atoms with van der Waals surface area (Å²) in [4.78, 5) is 2.40. The zero-order valence-electron chi connectivity index (χ0n) is 33.6. The van der Waals surface area contributed by atoms with Gasteiger partial charge in [0.05, 0.1) is 0 Å². The number of hydrogen-bond acceptors (Lipinski definition) is 1. The van der Waals surface area contributed by atoms with E-state index in [0.29, 0.717) is 0 Å². The highest BCUT2D eigenvalue weighted by Gasteiger charge is 2.18. The van der Waals surface area contributed by atoms with Crippen LogP contribution in [0.1, 0.15) is 0 Å². The van der Waals surface area contributed by atoms with Crippen LogP contribution < -0.4 is 4.90 Å². The van der Waals surface area contributed by atoms with Crippen LogP contribution in [0.3, 0.4) is 0 Å². The van der Waals surface area contributed by atoms with Gasteiger partial charge >= 0.3 is 0 Å². The second-order valence-corrected chi connectivity index (χ2v) is 15.7. The second-order valence-electron chi connectivity index (χ2n) is 15.7. The summed E-state index contributed by atoms with van der Waals surface area (Å²) in [5.74, 6) is 0. The van der Waals surface area contributed by atoms with Gasteiger partial charge < -0.3 is 4.90 Å². The van der Waals surface area contributed by atoms with Gasteiger partial charge in [-0.3, -0.25) is 0 Å². The number of anilines is 3. The van der Waals surface area contributed by atoms with E-state index in [1.165, 1.54) is 88.0 Å². The molecule has 0 amide bonds. The molecule has 0 aromatic heterocycles. The third-order valence-corrected chi connectivity index (χ3v) is 12.1. The van der Waals surface area contributed by atoms with Gasteiger partial charge in [-0.1, -0.05) is 212 Å². The van der Waals surface area contributed by atoms with E-state index in [2.05, 4.69) is 254 Å². The van der Waals surface area contributed by atoms with Gasteiger partial charge in [0, 0.05) is 17.1 Å². The SMILES string of the molecule is c1ccc(-c2ccc(N(c3ccc(-c4ccc(-c5cccc6cccc(-c7ccccc7)c56)cc4)cc3)c3cc(-c4cccc5ccccc45)c4ccccc4c3)cc2)cc1. The maximum atomic E-state index is 2.40. The van der Waals surface area contributed by atoms with E-state index in [0.717, 1.165) is 17.1 Å². The summed E-state index contributed by atoms with van der Waals surface area (Å²) in [5.41, 5.74) is 15.4. The zero-order chi connectivity index (χ0) is 40.5. The lowest BCUT2D eigenvalue weighted by Crippen LogP contribution is -2.10. The van der Waals surface area contributed by atoms with Crippen LogP contribution in [-0.2, 0) is 0 Å². The maximum absolute atomic E-state index is 2.40. The molecule has 0 aliphatic heterocycles. The lowest BCUT2D eigenvalue weighted by Gasteiger charge is -2.27. The maximum Gasteiger partial charge on any atom is 0.0474 e. The zero-order valence-corrected chi connectivity index (χ0v) is 33.6. The molecule has 0 bridgehead atoms. The molecule has 11 aromatic carbocycles. The van der Waals surface area contributed by atoms with E-state index < -0.39 is 0 Å². The molecule has 0 saturated heterocycles. The van der Waals surface area contributed by atoms with Gasteiger partial charge in [0.15, 0.2) is 0 Å². The molecule has 11 rings (SSSR count). The van der Waals surface area contributed by atoms with Crippen molar-refractivity contribution in [2.75, 3.05) is 4.90 Å². The van der Waals surface area contributed by atoms with Crippen LogP contribution in [0, 0.1) is 0 Å². The Hall–Kier alpha value is -8.00. The van der Waals surface area contributed by atoms with Crippen LogP contribution in [0.4, 0.5) is 17.1 Å². The minimum atomic E-state index is 1.09. The fourth-order valence-corrected chi connectivity index (χ4v) is 9.07. The Labute approximate surface area is 357 Å². The van der Waals surface area contributed by atoms with Crippen LogP contribution in [0.2, 0.25) is 0 Å².